The second-order valence-corrected chi connectivity index (χ2v) is 14.9. The van der Waals surface area contributed by atoms with Gasteiger partial charge in [-0.2, -0.15) is 0 Å². The molecule has 268 valence electrons. The monoisotopic (exact) mass is 680 g/mol. The van der Waals surface area contributed by atoms with Crippen LogP contribution in [0.2, 0.25) is 0 Å². The topological polar surface area (TPSA) is 92.7 Å². The summed E-state index contributed by atoms with van der Waals surface area (Å²) in [6.07, 6.45) is 13.8. The van der Waals surface area contributed by atoms with E-state index in [2.05, 4.69) is 52.0 Å². The van der Waals surface area contributed by atoms with Crippen molar-refractivity contribution >= 4 is 23.6 Å². The molecule has 45 heavy (non-hydrogen) atoms. The van der Waals surface area contributed by atoms with Crippen molar-refractivity contribution in [3.8, 4) is 0 Å². The predicted octanol–water partition coefficient (Wildman–Crippen LogP) is 9.48. The lowest BCUT2D eigenvalue weighted by Crippen LogP contribution is -2.30. The van der Waals surface area contributed by atoms with E-state index in [1.807, 2.05) is 48.5 Å². The smallest absolute Gasteiger partial charge is 0.306 e. The van der Waals surface area contributed by atoms with Crippen LogP contribution in [0, 0.1) is 23.7 Å². The van der Waals surface area contributed by atoms with Gasteiger partial charge in [0.1, 0.15) is 0 Å². The number of allylic oxidation sites excluding steroid dienone is 2. The van der Waals surface area contributed by atoms with Gasteiger partial charge in [-0.15, -0.1) is 0 Å². The molecule has 2 fully saturated rings. The Morgan fingerprint density at radius 3 is 1.51 bits per heavy atom. The van der Waals surface area contributed by atoms with Gasteiger partial charge in [0, 0.05) is 43.7 Å². The highest BCUT2D eigenvalue weighted by molar-refractivity contribution is 7.32. The Hall–Kier alpha value is -0.430. The molecule has 2 saturated heterocycles. The molecule has 0 spiro atoms. The summed E-state index contributed by atoms with van der Waals surface area (Å²) in [4.78, 5) is 11.0. The number of aliphatic carboxylic acids is 1. The van der Waals surface area contributed by atoms with Gasteiger partial charge >= 0.3 is 5.97 Å². The van der Waals surface area contributed by atoms with E-state index < -0.39 is 23.6 Å². The molecule has 1 N–H and O–H groups in total. The fourth-order valence-electron chi connectivity index (χ4n) is 5.15. The standard InChI is InChI=1S/C16H29O5P.C16H31O3P.C2H6.CH4/c1-11(10-22-19-5)7-6-8-12(2)15-13(9-14(17)18)20-16(3,4)21-15;1-7-14-15(19-16(4,5)18-14)13(3)10-8-9-12(2)11-20-17-6;1-2;/h6,8,11-13,15,22H,7,9-10H2,1-5H3,(H,17,18);8,10,12-15,20H,7,9,11H2,1-6H3;1-2H3;1H4/b8-6-;10-8-;;/t11-,12?,13+,15-;12-,13?,14+,15-;;/m11../s1. The molecule has 0 amide bonds. The summed E-state index contributed by atoms with van der Waals surface area (Å²) in [7, 11) is 4.66. The first-order chi connectivity index (χ1) is 20.6. The van der Waals surface area contributed by atoms with Gasteiger partial charge in [-0.1, -0.05) is 80.2 Å². The van der Waals surface area contributed by atoms with Crippen molar-refractivity contribution in [2.45, 2.75) is 145 Å². The third-order valence-electron chi connectivity index (χ3n) is 7.37. The van der Waals surface area contributed by atoms with Crippen molar-refractivity contribution in [2.75, 3.05) is 26.5 Å². The first-order valence-corrected chi connectivity index (χ1v) is 18.7. The SMILES string of the molecule is C.CC.CC[C@@H]1OC(C)(C)O[C@@H]1C(C)/C=C\C[C@@H](C)CPOC.COPC[C@H](C)C/C=C\C(C)[C@H]1OC(C)(C)O[C@H]1CC(=O)O. The number of carboxylic acid groups (broad SMARTS) is 1. The number of carbonyl (C=O) groups is 1. The second kappa shape index (κ2) is 24.7. The Bertz CT molecular complexity index is 819. The summed E-state index contributed by atoms with van der Waals surface area (Å²) >= 11 is 0. The third kappa shape index (κ3) is 19.9. The molecule has 0 bridgehead atoms. The zero-order valence-electron chi connectivity index (χ0n) is 30.0. The largest absolute Gasteiger partial charge is 0.481 e. The maximum absolute atomic E-state index is 11.0. The Labute approximate surface area is 280 Å². The summed E-state index contributed by atoms with van der Waals surface area (Å²) < 4.78 is 33.8. The van der Waals surface area contributed by atoms with Gasteiger partial charge in [-0.05, 0) is 71.1 Å². The maximum Gasteiger partial charge on any atom is 0.306 e. The van der Waals surface area contributed by atoms with Gasteiger partial charge in [0.25, 0.3) is 0 Å². The van der Waals surface area contributed by atoms with Crippen molar-refractivity contribution in [1.82, 2.24) is 0 Å². The molecule has 2 aliphatic rings. The number of carboxylic acids is 1. The highest BCUT2D eigenvalue weighted by atomic mass is 31.1. The van der Waals surface area contributed by atoms with E-state index in [0.29, 0.717) is 35.4 Å². The lowest BCUT2D eigenvalue weighted by Gasteiger charge is -2.20. The van der Waals surface area contributed by atoms with Crippen molar-refractivity contribution < 1.29 is 37.9 Å². The summed E-state index contributed by atoms with van der Waals surface area (Å²) in [5.74, 6) is -0.270. The maximum atomic E-state index is 11.0. The number of hydrogen-bond acceptors (Lipinski definition) is 7. The Morgan fingerprint density at radius 2 is 1.16 bits per heavy atom. The molecule has 8 nitrogen and oxygen atoms in total. The molecule has 0 aromatic rings. The quantitative estimate of drug-likeness (QED) is 0.120. The molecule has 0 aromatic heterocycles. The molecule has 0 saturated carbocycles. The molecule has 4 unspecified atom stereocenters. The van der Waals surface area contributed by atoms with E-state index in [1.165, 1.54) is 0 Å². The third-order valence-corrected chi connectivity index (χ3v) is 9.67. The zero-order valence-corrected chi connectivity index (χ0v) is 32.0. The molecular weight excluding hydrogens is 610 g/mol. The minimum absolute atomic E-state index is 0. The second-order valence-electron chi connectivity index (χ2n) is 12.6. The van der Waals surface area contributed by atoms with E-state index in [4.69, 9.17) is 33.1 Å². The van der Waals surface area contributed by atoms with Crippen LogP contribution >= 0.6 is 17.6 Å². The Balaban J connectivity index is 0. The molecule has 10 heteroatoms. The molecular formula is C35H70O8P2. The number of hydrogen-bond donors (Lipinski definition) is 1. The highest BCUT2D eigenvalue weighted by Crippen LogP contribution is 2.35. The predicted molar refractivity (Wildman–Crippen MR) is 193 cm³/mol. The van der Waals surface area contributed by atoms with Crippen molar-refractivity contribution in [3.05, 3.63) is 24.3 Å². The van der Waals surface area contributed by atoms with Crippen LogP contribution in [0.3, 0.4) is 0 Å². The highest BCUT2D eigenvalue weighted by Gasteiger charge is 2.44. The van der Waals surface area contributed by atoms with Crippen LogP contribution in [-0.2, 0) is 32.8 Å². The van der Waals surface area contributed by atoms with E-state index in [9.17, 15) is 4.79 Å². The summed E-state index contributed by atoms with van der Waals surface area (Å²) in [6.45, 7) is 22.5. The van der Waals surface area contributed by atoms with Gasteiger partial charge in [0.15, 0.2) is 11.6 Å². The molecule has 0 aliphatic carbocycles. The molecule has 0 radical (unpaired) electrons. The van der Waals surface area contributed by atoms with Gasteiger partial charge in [-0.3, -0.25) is 4.79 Å². The van der Waals surface area contributed by atoms with Gasteiger partial charge in [0.05, 0.1) is 30.8 Å². The van der Waals surface area contributed by atoms with Crippen LogP contribution in [0.5, 0.6) is 0 Å². The lowest BCUT2D eigenvalue weighted by molar-refractivity contribution is -0.153. The zero-order chi connectivity index (χ0) is 33.9. The first kappa shape index (κ1) is 46.7. The van der Waals surface area contributed by atoms with E-state index in [1.54, 1.807) is 14.2 Å². The van der Waals surface area contributed by atoms with Crippen LogP contribution in [-0.4, -0.2) is 73.6 Å². The summed E-state index contributed by atoms with van der Waals surface area (Å²) in [5.41, 5.74) is 0. The van der Waals surface area contributed by atoms with Crippen molar-refractivity contribution in [2.24, 2.45) is 23.7 Å². The van der Waals surface area contributed by atoms with Gasteiger partial charge in [0.2, 0.25) is 0 Å². The van der Waals surface area contributed by atoms with Crippen LogP contribution in [0.4, 0.5) is 0 Å². The van der Waals surface area contributed by atoms with Crippen molar-refractivity contribution in [3.63, 3.8) is 0 Å². The summed E-state index contributed by atoms with van der Waals surface area (Å²) in [5, 5.41) is 9.01. The normalized spacial score (nSPS) is 26.8. The Morgan fingerprint density at radius 1 is 0.778 bits per heavy atom. The average Bonchev–Trinajstić information content (AvgIpc) is 3.45. The minimum atomic E-state index is -0.860. The summed E-state index contributed by atoms with van der Waals surface area (Å²) in [6, 6.07) is 0. The first-order valence-electron chi connectivity index (χ1n) is 16.4. The molecule has 2 aliphatic heterocycles. The number of rotatable bonds is 17. The van der Waals surface area contributed by atoms with Gasteiger partial charge in [-0.25, -0.2) is 0 Å². The van der Waals surface area contributed by atoms with Crippen LogP contribution in [0.15, 0.2) is 24.3 Å². The van der Waals surface area contributed by atoms with Crippen LogP contribution in [0.25, 0.3) is 0 Å². The van der Waals surface area contributed by atoms with Crippen LogP contribution in [0.1, 0.15) is 109 Å². The van der Waals surface area contributed by atoms with E-state index in [-0.39, 0.29) is 38.1 Å². The minimum Gasteiger partial charge on any atom is -0.481 e. The molecule has 0 aromatic carbocycles. The number of ether oxygens (including phenoxy) is 4. The van der Waals surface area contributed by atoms with E-state index in [0.717, 1.165) is 31.6 Å². The lowest BCUT2D eigenvalue weighted by atomic mass is 9.96. The van der Waals surface area contributed by atoms with Gasteiger partial charge < -0.3 is 33.1 Å². The molecule has 2 heterocycles. The van der Waals surface area contributed by atoms with E-state index >= 15 is 0 Å². The Kier molecular flexibility index (Phi) is 25.6. The molecule has 10 atom stereocenters. The van der Waals surface area contributed by atoms with Crippen LogP contribution < -0.4 is 0 Å². The fraction of sp³-hybridized carbons (Fsp3) is 0.857. The van der Waals surface area contributed by atoms with Crippen molar-refractivity contribution in [1.29, 1.82) is 0 Å². The fourth-order valence-corrected chi connectivity index (χ4v) is 6.39. The average molecular weight is 681 g/mol. The molecule has 2 rings (SSSR count).